The SMILES string of the molecule is CCN(CCO)C(=O)c1cc(C2CC2)nc2c1c(C)nn2C(C)(C)C. The highest BCUT2D eigenvalue weighted by Crippen LogP contribution is 2.41. The van der Waals surface area contributed by atoms with Crippen LogP contribution in [0.2, 0.25) is 0 Å². The van der Waals surface area contributed by atoms with Gasteiger partial charge in [0.2, 0.25) is 0 Å². The molecule has 136 valence electrons. The number of pyridine rings is 1. The van der Waals surface area contributed by atoms with Crippen LogP contribution < -0.4 is 0 Å². The minimum Gasteiger partial charge on any atom is -0.395 e. The number of rotatable bonds is 5. The fourth-order valence-corrected chi connectivity index (χ4v) is 3.23. The minimum absolute atomic E-state index is 0.0382. The molecule has 2 aromatic rings. The van der Waals surface area contributed by atoms with Crippen LogP contribution in [0.5, 0.6) is 0 Å². The number of nitrogens with zero attached hydrogens (tertiary/aromatic N) is 4. The maximum atomic E-state index is 13.1. The molecule has 1 amide bonds. The lowest BCUT2D eigenvalue weighted by Crippen LogP contribution is -2.33. The molecule has 0 radical (unpaired) electrons. The first-order valence-electron chi connectivity index (χ1n) is 9.08. The lowest BCUT2D eigenvalue weighted by molar-refractivity contribution is 0.0733. The predicted octanol–water partition coefficient (Wildman–Crippen LogP) is 2.83. The number of carbonyl (C=O) groups excluding carboxylic acids is 1. The standard InChI is InChI=1S/C19H28N4O2/c1-6-22(9-10-24)18(25)14-11-15(13-7-8-13)20-17-16(14)12(2)21-23(17)19(3,4)5/h11,13,24H,6-10H2,1-5H3. The molecule has 0 atom stereocenters. The lowest BCUT2D eigenvalue weighted by atomic mass is 10.1. The summed E-state index contributed by atoms with van der Waals surface area (Å²) in [5.74, 6) is 0.398. The molecule has 2 aromatic heterocycles. The Labute approximate surface area is 148 Å². The highest BCUT2D eigenvalue weighted by atomic mass is 16.3. The Hall–Kier alpha value is -1.95. The van der Waals surface area contributed by atoms with Gasteiger partial charge in [0, 0.05) is 24.7 Å². The monoisotopic (exact) mass is 344 g/mol. The Bertz CT molecular complexity index is 800. The van der Waals surface area contributed by atoms with Crippen molar-refractivity contribution in [1.82, 2.24) is 19.7 Å². The van der Waals surface area contributed by atoms with Crippen LogP contribution in [0.25, 0.3) is 11.0 Å². The van der Waals surface area contributed by atoms with E-state index in [0.717, 1.165) is 35.3 Å². The quantitative estimate of drug-likeness (QED) is 0.905. The van der Waals surface area contributed by atoms with Gasteiger partial charge >= 0.3 is 0 Å². The normalized spacial score (nSPS) is 15.0. The van der Waals surface area contributed by atoms with Gasteiger partial charge in [-0.3, -0.25) is 4.79 Å². The Kier molecular flexibility index (Phi) is 4.58. The van der Waals surface area contributed by atoms with E-state index in [2.05, 4.69) is 20.8 Å². The van der Waals surface area contributed by atoms with Crippen molar-refractivity contribution in [2.24, 2.45) is 0 Å². The van der Waals surface area contributed by atoms with E-state index in [4.69, 9.17) is 10.1 Å². The molecule has 1 N–H and O–H groups in total. The first kappa shape index (κ1) is 17.9. The molecule has 25 heavy (non-hydrogen) atoms. The zero-order valence-electron chi connectivity index (χ0n) is 15.8. The first-order valence-corrected chi connectivity index (χ1v) is 9.08. The summed E-state index contributed by atoms with van der Waals surface area (Å²) in [5.41, 5.74) is 3.05. The number of amides is 1. The third-order valence-corrected chi connectivity index (χ3v) is 4.73. The molecule has 1 fully saturated rings. The molecule has 1 aliphatic carbocycles. The third-order valence-electron chi connectivity index (χ3n) is 4.73. The molecular formula is C19H28N4O2. The van der Waals surface area contributed by atoms with Gasteiger partial charge in [0.25, 0.3) is 5.91 Å². The van der Waals surface area contributed by atoms with Gasteiger partial charge in [0.05, 0.1) is 28.8 Å². The van der Waals surface area contributed by atoms with Crippen molar-refractivity contribution in [3.05, 3.63) is 23.0 Å². The van der Waals surface area contributed by atoms with E-state index in [1.165, 1.54) is 0 Å². The second kappa shape index (κ2) is 6.41. The highest BCUT2D eigenvalue weighted by molar-refractivity contribution is 6.06. The van der Waals surface area contributed by atoms with Gasteiger partial charge < -0.3 is 10.0 Å². The molecule has 0 bridgehead atoms. The molecule has 0 saturated heterocycles. The van der Waals surface area contributed by atoms with Crippen molar-refractivity contribution in [2.75, 3.05) is 19.7 Å². The van der Waals surface area contributed by atoms with E-state index in [0.29, 0.717) is 24.6 Å². The summed E-state index contributed by atoms with van der Waals surface area (Å²) in [7, 11) is 0. The van der Waals surface area contributed by atoms with E-state index in [1.54, 1.807) is 4.90 Å². The summed E-state index contributed by atoms with van der Waals surface area (Å²) < 4.78 is 1.93. The second-order valence-corrected chi connectivity index (χ2v) is 7.84. The molecule has 1 aliphatic rings. The maximum absolute atomic E-state index is 13.1. The molecule has 1 saturated carbocycles. The Morgan fingerprint density at radius 1 is 1.40 bits per heavy atom. The number of fused-ring (bicyclic) bond motifs is 1. The summed E-state index contributed by atoms with van der Waals surface area (Å²) in [6, 6.07) is 1.95. The highest BCUT2D eigenvalue weighted by Gasteiger charge is 2.31. The van der Waals surface area contributed by atoms with E-state index in [1.807, 2.05) is 24.6 Å². The fourth-order valence-electron chi connectivity index (χ4n) is 3.23. The summed E-state index contributed by atoms with van der Waals surface area (Å²) in [4.78, 5) is 19.7. The van der Waals surface area contributed by atoms with Crippen LogP contribution in [0.4, 0.5) is 0 Å². The molecule has 6 heteroatoms. The molecule has 0 aliphatic heterocycles. The number of aliphatic hydroxyl groups excluding tert-OH is 1. The van der Waals surface area contributed by atoms with Gasteiger partial charge in [-0.15, -0.1) is 0 Å². The number of aryl methyl sites for hydroxylation is 1. The van der Waals surface area contributed by atoms with Crippen molar-refractivity contribution < 1.29 is 9.90 Å². The van der Waals surface area contributed by atoms with Crippen molar-refractivity contribution in [3.63, 3.8) is 0 Å². The minimum atomic E-state index is -0.211. The molecular weight excluding hydrogens is 316 g/mol. The molecule has 6 nitrogen and oxygen atoms in total. The number of likely N-dealkylation sites (N-methyl/N-ethyl adjacent to an activating group) is 1. The third kappa shape index (κ3) is 3.27. The van der Waals surface area contributed by atoms with E-state index >= 15 is 0 Å². The molecule has 3 rings (SSSR count). The number of hydrogen-bond donors (Lipinski definition) is 1. The number of hydrogen-bond acceptors (Lipinski definition) is 4. The zero-order chi connectivity index (χ0) is 18.4. The van der Waals surface area contributed by atoms with Gasteiger partial charge in [0.15, 0.2) is 5.65 Å². The zero-order valence-corrected chi connectivity index (χ0v) is 15.8. The van der Waals surface area contributed by atoms with Crippen LogP contribution in [-0.2, 0) is 5.54 Å². The number of aromatic nitrogens is 3. The second-order valence-electron chi connectivity index (χ2n) is 7.84. The van der Waals surface area contributed by atoms with Crippen molar-refractivity contribution in [2.45, 2.75) is 58.9 Å². The van der Waals surface area contributed by atoms with Crippen LogP contribution in [0.15, 0.2) is 6.07 Å². The van der Waals surface area contributed by atoms with Crippen molar-refractivity contribution in [3.8, 4) is 0 Å². The van der Waals surface area contributed by atoms with Crippen molar-refractivity contribution in [1.29, 1.82) is 0 Å². The van der Waals surface area contributed by atoms with Gasteiger partial charge in [-0.25, -0.2) is 9.67 Å². The van der Waals surface area contributed by atoms with Crippen LogP contribution >= 0.6 is 0 Å². The van der Waals surface area contributed by atoms with Crippen LogP contribution in [0.3, 0.4) is 0 Å². The van der Waals surface area contributed by atoms with Crippen LogP contribution in [0.1, 0.15) is 68.2 Å². The maximum Gasteiger partial charge on any atom is 0.254 e. The molecule has 0 aromatic carbocycles. The van der Waals surface area contributed by atoms with Gasteiger partial charge in [-0.05, 0) is 53.5 Å². The Morgan fingerprint density at radius 2 is 2.08 bits per heavy atom. The predicted molar refractivity (Wildman–Crippen MR) is 97.9 cm³/mol. The van der Waals surface area contributed by atoms with Gasteiger partial charge in [-0.1, -0.05) is 0 Å². The molecule has 2 heterocycles. The van der Waals surface area contributed by atoms with E-state index < -0.39 is 0 Å². The average Bonchev–Trinajstić information content (AvgIpc) is 3.34. The first-order chi connectivity index (χ1) is 11.8. The van der Waals surface area contributed by atoms with E-state index in [-0.39, 0.29) is 18.1 Å². The average molecular weight is 344 g/mol. The summed E-state index contributed by atoms with van der Waals surface area (Å²) in [6.07, 6.45) is 2.26. The largest absolute Gasteiger partial charge is 0.395 e. The van der Waals surface area contributed by atoms with Gasteiger partial charge in [-0.2, -0.15) is 5.10 Å². The van der Waals surface area contributed by atoms with Crippen LogP contribution in [-0.4, -0.2) is 50.4 Å². The molecule has 0 unspecified atom stereocenters. The van der Waals surface area contributed by atoms with Crippen molar-refractivity contribution >= 4 is 16.9 Å². The summed E-state index contributed by atoms with van der Waals surface area (Å²) in [6.45, 7) is 11.0. The topological polar surface area (TPSA) is 71.2 Å². The number of aliphatic hydroxyl groups is 1. The lowest BCUT2D eigenvalue weighted by Gasteiger charge is -2.22. The smallest absolute Gasteiger partial charge is 0.254 e. The summed E-state index contributed by atoms with van der Waals surface area (Å²) in [5, 5.41) is 14.8. The van der Waals surface area contributed by atoms with Gasteiger partial charge in [0.1, 0.15) is 0 Å². The summed E-state index contributed by atoms with van der Waals surface area (Å²) >= 11 is 0. The Balaban J connectivity index is 2.23. The Morgan fingerprint density at radius 3 is 2.60 bits per heavy atom. The number of carbonyl (C=O) groups is 1. The van der Waals surface area contributed by atoms with Crippen LogP contribution in [0, 0.1) is 6.92 Å². The molecule has 0 spiro atoms. The fraction of sp³-hybridized carbons (Fsp3) is 0.632. The van der Waals surface area contributed by atoms with E-state index in [9.17, 15) is 9.90 Å².